The van der Waals surface area contributed by atoms with Crippen LogP contribution in [0.2, 0.25) is 0 Å². The molecule has 0 radical (unpaired) electrons. The minimum atomic E-state index is -0.122. The van der Waals surface area contributed by atoms with Gasteiger partial charge in [0, 0.05) is 30.4 Å². The second-order valence-electron chi connectivity index (χ2n) is 7.01. The summed E-state index contributed by atoms with van der Waals surface area (Å²) in [6.45, 7) is 0. The summed E-state index contributed by atoms with van der Waals surface area (Å²) in [5, 5.41) is 10.3. The van der Waals surface area contributed by atoms with E-state index in [2.05, 4.69) is 20.7 Å². The van der Waals surface area contributed by atoms with E-state index >= 15 is 0 Å². The summed E-state index contributed by atoms with van der Waals surface area (Å²) in [5.74, 6) is 1.02. The fourth-order valence-corrected chi connectivity index (χ4v) is 3.38. The molecule has 1 aromatic carbocycles. The first-order chi connectivity index (χ1) is 13.6. The van der Waals surface area contributed by atoms with Crippen molar-refractivity contribution < 1.29 is 9.53 Å². The Labute approximate surface area is 163 Å². The van der Waals surface area contributed by atoms with Crippen molar-refractivity contribution in [1.29, 1.82) is 0 Å². The number of nitrogens with one attached hydrogen (secondary N) is 2. The molecule has 146 valence electrons. The van der Waals surface area contributed by atoms with Gasteiger partial charge in [0.05, 0.1) is 0 Å². The first-order valence-electron chi connectivity index (χ1n) is 9.49. The quantitative estimate of drug-likeness (QED) is 0.628. The zero-order chi connectivity index (χ0) is 19.5. The third-order valence-corrected chi connectivity index (χ3v) is 4.96. The number of nitrogens with two attached hydrogens (primary N) is 1. The molecular weight excluding hydrogens is 356 g/mol. The Morgan fingerprint density at radius 1 is 1.14 bits per heavy atom. The number of amides is 1. The SMILES string of the molecule is CNC(=O)c1ccc(Nc2nc3cccc(OC4CCC(N)CC4)n3n2)cc1. The number of nitrogens with zero attached hydrogens (tertiary/aromatic N) is 3. The van der Waals surface area contributed by atoms with Crippen molar-refractivity contribution in [2.75, 3.05) is 12.4 Å². The van der Waals surface area contributed by atoms with Crippen LogP contribution in [0.5, 0.6) is 5.88 Å². The minimum absolute atomic E-state index is 0.122. The molecule has 0 aliphatic heterocycles. The summed E-state index contributed by atoms with van der Waals surface area (Å²) in [4.78, 5) is 16.1. The molecule has 2 heterocycles. The van der Waals surface area contributed by atoms with Gasteiger partial charge in [0.1, 0.15) is 6.10 Å². The van der Waals surface area contributed by atoms with Gasteiger partial charge >= 0.3 is 0 Å². The number of carbonyl (C=O) groups is 1. The molecule has 1 aliphatic carbocycles. The monoisotopic (exact) mass is 380 g/mol. The number of aromatic nitrogens is 3. The van der Waals surface area contributed by atoms with Crippen molar-refractivity contribution in [3.8, 4) is 5.88 Å². The van der Waals surface area contributed by atoms with Crippen molar-refractivity contribution in [3.05, 3.63) is 48.0 Å². The van der Waals surface area contributed by atoms with Crippen LogP contribution in [0, 0.1) is 0 Å². The summed E-state index contributed by atoms with van der Waals surface area (Å²) in [6.07, 6.45) is 4.03. The predicted octanol–water partition coefficient (Wildman–Crippen LogP) is 2.48. The Bertz CT molecular complexity index is 960. The molecule has 2 aromatic heterocycles. The number of hydrogen-bond donors (Lipinski definition) is 3. The van der Waals surface area contributed by atoms with E-state index in [4.69, 9.17) is 10.5 Å². The van der Waals surface area contributed by atoms with Gasteiger partial charge in [-0.25, -0.2) is 0 Å². The highest BCUT2D eigenvalue weighted by atomic mass is 16.5. The molecule has 4 rings (SSSR count). The molecule has 1 saturated carbocycles. The van der Waals surface area contributed by atoms with E-state index in [1.165, 1.54) is 0 Å². The van der Waals surface area contributed by atoms with Crippen LogP contribution in [0.4, 0.5) is 11.6 Å². The van der Waals surface area contributed by atoms with E-state index in [0.717, 1.165) is 31.4 Å². The number of benzene rings is 1. The highest BCUT2D eigenvalue weighted by molar-refractivity contribution is 5.94. The third kappa shape index (κ3) is 3.91. The second kappa shape index (κ2) is 7.85. The van der Waals surface area contributed by atoms with Crippen LogP contribution >= 0.6 is 0 Å². The Morgan fingerprint density at radius 2 is 1.89 bits per heavy atom. The van der Waals surface area contributed by atoms with Crippen LogP contribution in [0.15, 0.2) is 42.5 Å². The Kier molecular flexibility index (Phi) is 5.12. The van der Waals surface area contributed by atoms with Gasteiger partial charge in [-0.1, -0.05) is 6.07 Å². The number of fused-ring (bicyclic) bond motifs is 1. The zero-order valence-electron chi connectivity index (χ0n) is 15.8. The number of hydrogen-bond acceptors (Lipinski definition) is 6. The highest BCUT2D eigenvalue weighted by Crippen LogP contribution is 2.24. The van der Waals surface area contributed by atoms with Crippen LogP contribution in [-0.2, 0) is 0 Å². The molecule has 0 bridgehead atoms. The molecule has 1 amide bonds. The van der Waals surface area contributed by atoms with Crippen molar-refractivity contribution in [1.82, 2.24) is 19.9 Å². The van der Waals surface area contributed by atoms with E-state index in [9.17, 15) is 4.79 Å². The van der Waals surface area contributed by atoms with Crippen molar-refractivity contribution >= 4 is 23.2 Å². The van der Waals surface area contributed by atoms with E-state index < -0.39 is 0 Å². The first kappa shape index (κ1) is 18.2. The molecule has 8 heteroatoms. The number of carbonyl (C=O) groups excluding carboxylic acids is 1. The first-order valence-corrected chi connectivity index (χ1v) is 9.49. The maximum absolute atomic E-state index is 11.6. The van der Waals surface area contributed by atoms with Gasteiger partial charge in [-0.15, -0.1) is 5.10 Å². The lowest BCUT2D eigenvalue weighted by Gasteiger charge is -2.26. The summed E-state index contributed by atoms with van der Waals surface area (Å²) in [6, 6.07) is 13.1. The highest BCUT2D eigenvalue weighted by Gasteiger charge is 2.21. The average molecular weight is 380 g/mol. The minimum Gasteiger partial charge on any atom is -0.474 e. The number of pyridine rings is 1. The molecule has 0 unspecified atom stereocenters. The van der Waals surface area contributed by atoms with Gasteiger partial charge in [0.25, 0.3) is 5.91 Å². The van der Waals surface area contributed by atoms with Crippen LogP contribution in [0.25, 0.3) is 5.65 Å². The molecule has 8 nitrogen and oxygen atoms in total. The van der Waals surface area contributed by atoms with Crippen molar-refractivity contribution in [2.45, 2.75) is 37.8 Å². The lowest BCUT2D eigenvalue weighted by Crippen LogP contribution is -2.32. The van der Waals surface area contributed by atoms with Gasteiger partial charge in [-0.2, -0.15) is 9.50 Å². The van der Waals surface area contributed by atoms with Crippen LogP contribution < -0.4 is 21.1 Å². The standard InChI is InChI=1S/C20H24N6O2/c1-22-19(27)13-5-9-15(10-6-13)23-20-24-17-3-2-4-18(26(17)25-20)28-16-11-7-14(21)8-12-16/h2-6,9-10,14,16H,7-8,11-12,21H2,1H3,(H,22,27)(H,23,25). The largest absolute Gasteiger partial charge is 0.474 e. The lowest BCUT2D eigenvalue weighted by molar-refractivity contribution is 0.0963. The number of rotatable bonds is 5. The van der Waals surface area contributed by atoms with Crippen molar-refractivity contribution in [3.63, 3.8) is 0 Å². The van der Waals surface area contributed by atoms with Crippen LogP contribution in [-0.4, -0.2) is 39.7 Å². The summed E-state index contributed by atoms with van der Waals surface area (Å²) >= 11 is 0. The lowest BCUT2D eigenvalue weighted by atomic mass is 9.94. The van der Waals surface area contributed by atoms with Gasteiger partial charge in [-0.05, 0) is 56.0 Å². The summed E-state index contributed by atoms with van der Waals surface area (Å²) < 4.78 is 7.87. The van der Waals surface area contributed by atoms with Crippen molar-refractivity contribution in [2.24, 2.45) is 5.73 Å². The number of ether oxygens (including phenoxy) is 1. The Morgan fingerprint density at radius 3 is 2.61 bits per heavy atom. The fraction of sp³-hybridized carbons (Fsp3) is 0.350. The molecular formula is C20H24N6O2. The summed E-state index contributed by atoms with van der Waals surface area (Å²) in [7, 11) is 1.61. The molecule has 28 heavy (non-hydrogen) atoms. The van der Waals surface area contributed by atoms with Gasteiger partial charge < -0.3 is 21.1 Å². The fourth-order valence-electron chi connectivity index (χ4n) is 3.38. The maximum atomic E-state index is 11.6. The number of anilines is 2. The smallest absolute Gasteiger partial charge is 0.251 e. The molecule has 4 N–H and O–H groups in total. The van der Waals surface area contributed by atoms with Gasteiger partial charge in [0.15, 0.2) is 5.65 Å². The van der Waals surface area contributed by atoms with E-state index in [0.29, 0.717) is 23.0 Å². The molecule has 0 spiro atoms. The topological polar surface area (TPSA) is 107 Å². The average Bonchev–Trinajstić information content (AvgIpc) is 3.13. The molecule has 1 fully saturated rings. The third-order valence-electron chi connectivity index (χ3n) is 4.96. The Hall–Kier alpha value is -3.13. The van der Waals surface area contributed by atoms with Gasteiger partial charge in [-0.3, -0.25) is 4.79 Å². The van der Waals surface area contributed by atoms with E-state index in [-0.39, 0.29) is 18.1 Å². The van der Waals surface area contributed by atoms with Crippen LogP contribution in [0.3, 0.4) is 0 Å². The normalized spacial score (nSPS) is 19.4. The summed E-state index contributed by atoms with van der Waals surface area (Å²) in [5.41, 5.74) is 8.08. The van der Waals surface area contributed by atoms with Crippen LogP contribution in [0.1, 0.15) is 36.0 Å². The second-order valence-corrected chi connectivity index (χ2v) is 7.01. The molecule has 0 saturated heterocycles. The van der Waals surface area contributed by atoms with E-state index in [1.807, 2.05) is 30.3 Å². The molecule has 1 aliphatic rings. The maximum Gasteiger partial charge on any atom is 0.251 e. The molecule has 3 aromatic rings. The van der Waals surface area contributed by atoms with E-state index in [1.54, 1.807) is 23.7 Å². The Balaban J connectivity index is 1.50. The predicted molar refractivity (Wildman–Crippen MR) is 107 cm³/mol. The van der Waals surface area contributed by atoms with Gasteiger partial charge in [0.2, 0.25) is 11.8 Å². The zero-order valence-corrected chi connectivity index (χ0v) is 15.8. The molecule has 0 atom stereocenters.